The lowest BCUT2D eigenvalue weighted by Crippen LogP contribution is -2.17. The summed E-state index contributed by atoms with van der Waals surface area (Å²) in [5.74, 6) is 0.562. The number of nitrogens with zero attached hydrogens (tertiary/aromatic N) is 3. The molecule has 0 radical (unpaired) electrons. The Bertz CT molecular complexity index is 1180. The van der Waals surface area contributed by atoms with Crippen LogP contribution in [0.3, 0.4) is 0 Å². The highest BCUT2D eigenvalue weighted by Crippen LogP contribution is 2.42. The summed E-state index contributed by atoms with van der Waals surface area (Å²) in [5, 5.41) is 4.75. The maximum atomic E-state index is 14.1. The highest BCUT2D eigenvalue weighted by molar-refractivity contribution is 5.84. The number of aromatic nitrogens is 4. The monoisotopic (exact) mass is 360 g/mol. The van der Waals surface area contributed by atoms with Gasteiger partial charge in [-0.15, -0.1) is 0 Å². The maximum Gasteiger partial charge on any atom is 0.159 e. The highest BCUT2D eigenvalue weighted by Gasteiger charge is 2.36. The van der Waals surface area contributed by atoms with Crippen LogP contribution >= 0.6 is 0 Å². The van der Waals surface area contributed by atoms with Crippen LogP contribution < -0.4 is 0 Å². The van der Waals surface area contributed by atoms with Crippen molar-refractivity contribution in [3.63, 3.8) is 0 Å². The van der Waals surface area contributed by atoms with E-state index >= 15 is 0 Å². The van der Waals surface area contributed by atoms with Gasteiger partial charge in [0.25, 0.3) is 0 Å². The number of imidazole rings is 1. The molecule has 0 saturated heterocycles. The van der Waals surface area contributed by atoms with Gasteiger partial charge in [0.1, 0.15) is 11.5 Å². The predicted molar refractivity (Wildman–Crippen MR) is 105 cm³/mol. The van der Waals surface area contributed by atoms with Gasteiger partial charge in [-0.05, 0) is 36.6 Å². The Labute approximate surface area is 157 Å². The zero-order valence-corrected chi connectivity index (χ0v) is 15.7. The quantitative estimate of drug-likeness (QED) is 0.547. The van der Waals surface area contributed by atoms with E-state index in [2.05, 4.69) is 18.8 Å². The first-order chi connectivity index (χ1) is 12.9. The van der Waals surface area contributed by atoms with Gasteiger partial charge in [-0.25, -0.2) is 9.37 Å². The molecule has 5 heteroatoms. The second-order valence-corrected chi connectivity index (χ2v) is 7.98. The lowest BCUT2D eigenvalue weighted by Gasteiger charge is -2.18. The molecule has 0 spiro atoms. The molecule has 0 bridgehead atoms. The molecule has 4 aromatic rings. The second kappa shape index (κ2) is 5.52. The summed E-state index contributed by atoms with van der Waals surface area (Å²) in [6, 6.07) is 12.6. The third-order valence-electron chi connectivity index (χ3n) is 5.68. The molecule has 2 aromatic heterocycles. The summed E-state index contributed by atoms with van der Waals surface area (Å²) in [5.41, 5.74) is 6.84. The van der Waals surface area contributed by atoms with Crippen LogP contribution in [0.5, 0.6) is 0 Å². The fraction of sp³-hybridized carbons (Fsp3) is 0.273. The van der Waals surface area contributed by atoms with Crippen molar-refractivity contribution in [1.82, 2.24) is 19.7 Å². The van der Waals surface area contributed by atoms with Crippen LogP contribution in [0.2, 0.25) is 0 Å². The largest absolute Gasteiger partial charge is 0.337 e. The first-order valence-electron chi connectivity index (χ1n) is 9.25. The third-order valence-corrected chi connectivity index (χ3v) is 5.68. The molecule has 2 aromatic carbocycles. The van der Waals surface area contributed by atoms with Crippen LogP contribution in [-0.2, 0) is 18.9 Å². The van der Waals surface area contributed by atoms with Crippen LogP contribution in [0.25, 0.3) is 33.7 Å². The maximum absolute atomic E-state index is 14.1. The van der Waals surface area contributed by atoms with E-state index in [1.807, 2.05) is 36.0 Å². The molecule has 5 rings (SSSR count). The van der Waals surface area contributed by atoms with E-state index in [9.17, 15) is 4.39 Å². The van der Waals surface area contributed by atoms with Crippen molar-refractivity contribution in [2.45, 2.75) is 32.1 Å². The Morgan fingerprint density at radius 3 is 2.78 bits per heavy atom. The van der Waals surface area contributed by atoms with Crippen molar-refractivity contribution < 1.29 is 4.39 Å². The van der Waals surface area contributed by atoms with Gasteiger partial charge in [-0.1, -0.05) is 38.1 Å². The standard InChI is InChI=1S/C22H21FN4/c1-22(2)11-10-15-19(26-27(3)20(15)22)21-24-17-9-8-13(12-18(17)25-21)14-6-4-5-7-16(14)23/h4-9,12H,10-11H2,1-3H3,(H,24,25). The van der Waals surface area contributed by atoms with Crippen LogP contribution in [0.15, 0.2) is 42.5 Å². The zero-order chi connectivity index (χ0) is 18.8. The third kappa shape index (κ3) is 2.41. The van der Waals surface area contributed by atoms with Crippen molar-refractivity contribution in [3.8, 4) is 22.6 Å². The molecular weight excluding hydrogens is 339 g/mol. The molecule has 27 heavy (non-hydrogen) atoms. The molecule has 0 atom stereocenters. The number of rotatable bonds is 2. The van der Waals surface area contributed by atoms with Crippen LogP contribution in [0.4, 0.5) is 4.39 Å². The number of benzene rings is 2. The van der Waals surface area contributed by atoms with Gasteiger partial charge in [-0.2, -0.15) is 5.10 Å². The van der Waals surface area contributed by atoms with Crippen molar-refractivity contribution in [3.05, 3.63) is 59.5 Å². The number of aromatic amines is 1. The van der Waals surface area contributed by atoms with Gasteiger partial charge in [0, 0.05) is 29.3 Å². The molecule has 1 aliphatic carbocycles. The minimum Gasteiger partial charge on any atom is -0.337 e. The van der Waals surface area contributed by atoms with E-state index in [1.165, 1.54) is 17.3 Å². The summed E-state index contributed by atoms with van der Waals surface area (Å²) in [6.45, 7) is 4.53. The van der Waals surface area contributed by atoms with Crippen molar-refractivity contribution in [1.29, 1.82) is 0 Å². The highest BCUT2D eigenvalue weighted by atomic mass is 19.1. The van der Waals surface area contributed by atoms with Gasteiger partial charge in [0.15, 0.2) is 5.82 Å². The predicted octanol–water partition coefficient (Wildman–Crippen LogP) is 4.99. The van der Waals surface area contributed by atoms with Gasteiger partial charge in [0.05, 0.1) is 11.0 Å². The number of nitrogens with one attached hydrogen (secondary N) is 1. The van der Waals surface area contributed by atoms with Gasteiger partial charge in [-0.3, -0.25) is 4.68 Å². The minimum atomic E-state index is -0.221. The smallest absolute Gasteiger partial charge is 0.159 e. The molecular formula is C22H21FN4. The summed E-state index contributed by atoms with van der Waals surface area (Å²) >= 11 is 0. The topological polar surface area (TPSA) is 46.5 Å². The molecule has 1 aliphatic rings. The number of fused-ring (bicyclic) bond motifs is 2. The normalized spacial score (nSPS) is 15.4. The van der Waals surface area contributed by atoms with E-state index in [0.29, 0.717) is 5.56 Å². The summed E-state index contributed by atoms with van der Waals surface area (Å²) in [7, 11) is 2.01. The van der Waals surface area contributed by atoms with Crippen LogP contribution in [0.1, 0.15) is 31.5 Å². The first kappa shape index (κ1) is 16.2. The molecule has 2 heterocycles. The minimum absolute atomic E-state index is 0.138. The van der Waals surface area contributed by atoms with E-state index < -0.39 is 0 Å². The van der Waals surface area contributed by atoms with E-state index in [4.69, 9.17) is 10.1 Å². The Hall–Kier alpha value is -2.95. The Morgan fingerprint density at radius 1 is 1.15 bits per heavy atom. The number of halogens is 1. The van der Waals surface area contributed by atoms with Crippen LogP contribution in [0, 0.1) is 5.82 Å². The Balaban J connectivity index is 1.63. The van der Waals surface area contributed by atoms with Gasteiger partial charge in [0.2, 0.25) is 0 Å². The van der Waals surface area contributed by atoms with Crippen molar-refractivity contribution >= 4 is 11.0 Å². The summed E-state index contributed by atoms with van der Waals surface area (Å²) in [4.78, 5) is 8.16. The molecule has 1 N–H and O–H groups in total. The van der Waals surface area contributed by atoms with Crippen LogP contribution in [-0.4, -0.2) is 19.7 Å². The Kier molecular flexibility index (Phi) is 3.32. The fourth-order valence-electron chi connectivity index (χ4n) is 4.38. The lowest BCUT2D eigenvalue weighted by molar-refractivity contribution is 0.476. The summed E-state index contributed by atoms with van der Waals surface area (Å²) < 4.78 is 16.1. The Morgan fingerprint density at radius 2 is 1.96 bits per heavy atom. The SMILES string of the molecule is Cn1nc(-c2nc3ccc(-c4ccccc4F)cc3[nH]2)c2c1C(C)(C)CC2. The van der Waals surface area contributed by atoms with Gasteiger partial charge >= 0.3 is 0 Å². The number of hydrogen-bond donors (Lipinski definition) is 1. The molecule has 136 valence electrons. The average molecular weight is 360 g/mol. The number of H-pyrrole nitrogens is 1. The molecule has 4 nitrogen and oxygen atoms in total. The summed E-state index contributed by atoms with van der Waals surface area (Å²) in [6.07, 6.45) is 2.14. The van der Waals surface area contributed by atoms with E-state index in [0.717, 1.165) is 41.0 Å². The molecule has 0 unspecified atom stereocenters. The zero-order valence-electron chi connectivity index (χ0n) is 15.7. The average Bonchev–Trinajstić information content (AvgIpc) is 3.29. The van der Waals surface area contributed by atoms with Crippen molar-refractivity contribution in [2.75, 3.05) is 0 Å². The molecule has 0 amide bonds. The van der Waals surface area contributed by atoms with E-state index in [-0.39, 0.29) is 11.2 Å². The molecule has 0 aliphatic heterocycles. The lowest BCUT2D eigenvalue weighted by atomic mass is 9.91. The molecule has 0 fully saturated rings. The number of aryl methyl sites for hydroxylation is 1. The van der Waals surface area contributed by atoms with E-state index in [1.54, 1.807) is 12.1 Å². The van der Waals surface area contributed by atoms with Gasteiger partial charge < -0.3 is 4.98 Å². The second-order valence-electron chi connectivity index (χ2n) is 7.98. The molecule has 0 saturated carbocycles. The first-order valence-corrected chi connectivity index (χ1v) is 9.25. The number of hydrogen-bond acceptors (Lipinski definition) is 2. The van der Waals surface area contributed by atoms with Crippen molar-refractivity contribution in [2.24, 2.45) is 7.05 Å². The fourth-order valence-corrected chi connectivity index (χ4v) is 4.38.